The van der Waals surface area contributed by atoms with Gasteiger partial charge in [-0.25, -0.2) is 4.39 Å². The molecule has 2 heterocycles. The zero-order chi connectivity index (χ0) is 12.7. The Morgan fingerprint density at radius 3 is 2.72 bits per heavy atom. The van der Waals surface area contributed by atoms with Gasteiger partial charge < -0.3 is 4.42 Å². The maximum atomic E-state index is 13.1. The van der Waals surface area contributed by atoms with Gasteiger partial charge in [0.05, 0.1) is 5.56 Å². The van der Waals surface area contributed by atoms with Gasteiger partial charge in [0.15, 0.2) is 10.3 Å². The molecule has 0 aliphatic carbocycles. The fraction of sp³-hybridized carbons (Fsp3) is 0. The molecule has 90 valence electrons. The minimum absolute atomic E-state index is 0.180. The molecule has 3 aromatic rings. The van der Waals surface area contributed by atoms with Crippen molar-refractivity contribution >= 4 is 34.2 Å². The van der Waals surface area contributed by atoms with Crippen molar-refractivity contribution in [2.45, 2.75) is 0 Å². The van der Waals surface area contributed by atoms with Crippen LogP contribution in [0.3, 0.4) is 0 Å². The summed E-state index contributed by atoms with van der Waals surface area (Å²) in [6.45, 7) is 0. The number of benzene rings is 1. The highest BCUT2D eigenvalue weighted by Crippen LogP contribution is 2.32. The van der Waals surface area contributed by atoms with Crippen LogP contribution in [0, 0.1) is 5.82 Å². The Kier molecular flexibility index (Phi) is 2.69. The van der Waals surface area contributed by atoms with Gasteiger partial charge in [-0.05, 0) is 30.3 Å². The van der Waals surface area contributed by atoms with Crippen LogP contribution >= 0.6 is 23.2 Å². The van der Waals surface area contributed by atoms with Crippen molar-refractivity contribution in [3.8, 4) is 11.3 Å². The summed E-state index contributed by atoms with van der Waals surface area (Å²) in [5, 5.41) is 8.34. The molecule has 0 spiro atoms. The van der Waals surface area contributed by atoms with Gasteiger partial charge in [0.25, 0.3) is 0 Å². The number of furan rings is 1. The van der Waals surface area contributed by atoms with Crippen molar-refractivity contribution in [2.75, 3.05) is 0 Å². The lowest BCUT2D eigenvalue weighted by Crippen LogP contribution is -1.86. The molecule has 0 aliphatic heterocycles. The molecule has 0 fully saturated rings. The summed E-state index contributed by atoms with van der Waals surface area (Å²) in [6.07, 6.45) is 0. The highest BCUT2D eigenvalue weighted by molar-refractivity contribution is 6.33. The van der Waals surface area contributed by atoms with Crippen LogP contribution in [0.1, 0.15) is 0 Å². The van der Waals surface area contributed by atoms with Crippen LogP contribution in [0.2, 0.25) is 10.3 Å². The van der Waals surface area contributed by atoms with Gasteiger partial charge in [0.2, 0.25) is 0 Å². The van der Waals surface area contributed by atoms with Crippen LogP contribution in [0.25, 0.3) is 22.3 Å². The predicted molar refractivity (Wildman–Crippen MR) is 67.2 cm³/mol. The largest absolute Gasteiger partial charge is 0.456 e. The molecule has 3 nitrogen and oxygen atoms in total. The molecule has 18 heavy (non-hydrogen) atoms. The average Bonchev–Trinajstić information content (AvgIpc) is 2.74. The van der Waals surface area contributed by atoms with Crippen molar-refractivity contribution < 1.29 is 8.81 Å². The fourth-order valence-corrected chi connectivity index (χ4v) is 2.01. The average molecular weight is 283 g/mol. The van der Waals surface area contributed by atoms with E-state index in [1.807, 2.05) is 0 Å². The number of hydrogen-bond donors (Lipinski definition) is 0. The second-order valence-corrected chi connectivity index (χ2v) is 4.41. The van der Waals surface area contributed by atoms with Gasteiger partial charge in [0.1, 0.15) is 17.2 Å². The number of aromatic nitrogens is 2. The van der Waals surface area contributed by atoms with Crippen LogP contribution in [-0.4, -0.2) is 10.2 Å². The predicted octanol–water partition coefficient (Wildman–Crippen LogP) is 4.34. The van der Waals surface area contributed by atoms with Gasteiger partial charge in [-0.3, -0.25) is 0 Å². The summed E-state index contributed by atoms with van der Waals surface area (Å²) in [6, 6.07) is 7.49. The van der Waals surface area contributed by atoms with Gasteiger partial charge in [-0.2, -0.15) is 0 Å². The molecule has 0 N–H and O–H groups in total. The van der Waals surface area contributed by atoms with Crippen molar-refractivity contribution in [1.82, 2.24) is 10.2 Å². The van der Waals surface area contributed by atoms with E-state index in [1.54, 1.807) is 18.2 Å². The lowest BCUT2D eigenvalue weighted by Gasteiger charge is -1.98. The third-order valence-corrected chi connectivity index (χ3v) is 2.93. The Bertz CT molecular complexity index is 742. The minimum Gasteiger partial charge on any atom is -0.456 e. The second kappa shape index (κ2) is 4.23. The number of fused-ring (bicyclic) bond motifs is 1. The number of halogens is 3. The quantitative estimate of drug-likeness (QED) is 0.667. The van der Waals surface area contributed by atoms with E-state index >= 15 is 0 Å². The highest BCUT2D eigenvalue weighted by Gasteiger charge is 2.12. The molecule has 0 amide bonds. The van der Waals surface area contributed by atoms with Gasteiger partial charge in [-0.15, -0.1) is 10.2 Å². The zero-order valence-electron chi connectivity index (χ0n) is 8.82. The monoisotopic (exact) mass is 282 g/mol. The summed E-state index contributed by atoms with van der Waals surface area (Å²) in [5.41, 5.74) is 1.09. The first-order chi connectivity index (χ1) is 8.63. The Morgan fingerprint density at radius 2 is 1.89 bits per heavy atom. The van der Waals surface area contributed by atoms with Gasteiger partial charge in [0, 0.05) is 5.39 Å². The Balaban J connectivity index is 2.22. The molecule has 0 unspecified atom stereocenters. The first-order valence-electron chi connectivity index (χ1n) is 5.02. The van der Waals surface area contributed by atoms with E-state index in [4.69, 9.17) is 27.6 Å². The van der Waals surface area contributed by atoms with E-state index in [0.717, 1.165) is 0 Å². The number of rotatable bonds is 1. The van der Waals surface area contributed by atoms with Crippen molar-refractivity contribution in [3.05, 3.63) is 46.5 Å². The molecule has 0 saturated carbocycles. The maximum absolute atomic E-state index is 13.1. The SMILES string of the molecule is Fc1ccc2oc(-c3cc(Cl)nnc3Cl)cc2c1. The molecule has 2 aromatic heterocycles. The third kappa shape index (κ3) is 1.94. The third-order valence-electron chi connectivity index (χ3n) is 2.46. The second-order valence-electron chi connectivity index (χ2n) is 3.66. The van der Waals surface area contributed by atoms with E-state index in [1.165, 1.54) is 12.1 Å². The maximum Gasteiger partial charge on any atom is 0.162 e. The first kappa shape index (κ1) is 11.4. The van der Waals surface area contributed by atoms with Gasteiger partial charge in [-0.1, -0.05) is 23.2 Å². The number of nitrogens with zero attached hydrogens (tertiary/aromatic N) is 2. The first-order valence-corrected chi connectivity index (χ1v) is 5.77. The lowest BCUT2D eigenvalue weighted by atomic mass is 10.2. The Morgan fingerprint density at radius 1 is 1.06 bits per heavy atom. The van der Waals surface area contributed by atoms with Crippen molar-refractivity contribution in [2.24, 2.45) is 0 Å². The molecule has 0 atom stereocenters. The van der Waals surface area contributed by atoms with Crippen LogP contribution < -0.4 is 0 Å². The van der Waals surface area contributed by atoms with E-state index in [0.29, 0.717) is 22.3 Å². The molecule has 0 bridgehead atoms. The molecule has 0 aliphatic rings. The smallest absolute Gasteiger partial charge is 0.162 e. The Labute approximate surface area is 111 Å². The van der Waals surface area contributed by atoms with Crippen LogP contribution in [0.4, 0.5) is 4.39 Å². The zero-order valence-corrected chi connectivity index (χ0v) is 10.3. The molecular weight excluding hydrogens is 278 g/mol. The summed E-state index contributed by atoms with van der Waals surface area (Å²) in [5.74, 6) is 0.143. The molecule has 6 heteroatoms. The lowest BCUT2D eigenvalue weighted by molar-refractivity contribution is 0.619. The van der Waals surface area contributed by atoms with Gasteiger partial charge >= 0.3 is 0 Å². The van der Waals surface area contributed by atoms with Crippen LogP contribution in [-0.2, 0) is 0 Å². The molecular formula is C12H5Cl2FN2O. The molecule has 1 aromatic carbocycles. The summed E-state index contributed by atoms with van der Waals surface area (Å²) < 4.78 is 18.6. The standard InChI is InChI=1S/C12H5Cl2FN2O/c13-11-5-8(12(14)17-16-11)10-4-6-3-7(15)1-2-9(6)18-10/h1-5H. The molecule has 3 rings (SSSR count). The van der Waals surface area contributed by atoms with Crippen molar-refractivity contribution in [1.29, 1.82) is 0 Å². The summed E-state index contributed by atoms with van der Waals surface area (Å²) in [4.78, 5) is 0. The fourth-order valence-electron chi connectivity index (χ4n) is 1.67. The highest BCUT2D eigenvalue weighted by atomic mass is 35.5. The van der Waals surface area contributed by atoms with Crippen molar-refractivity contribution in [3.63, 3.8) is 0 Å². The van der Waals surface area contributed by atoms with Crippen LogP contribution in [0.15, 0.2) is 34.7 Å². The number of hydrogen-bond acceptors (Lipinski definition) is 3. The molecule has 0 radical (unpaired) electrons. The summed E-state index contributed by atoms with van der Waals surface area (Å²) in [7, 11) is 0. The summed E-state index contributed by atoms with van der Waals surface area (Å²) >= 11 is 11.7. The van der Waals surface area contributed by atoms with E-state index in [2.05, 4.69) is 10.2 Å². The topological polar surface area (TPSA) is 38.9 Å². The van der Waals surface area contributed by atoms with Crippen LogP contribution in [0.5, 0.6) is 0 Å². The molecule has 0 saturated heterocycles. The minimum atomic E-state index is -0.327. The van der Waals surface area contributed by atoms with E-state index in [-0.39, 0.29) is 16.1 Å². The van der Waals surface area contributed by atoms with E-state index in [9.17, 15) is 4.39 Å². The normalized spacial score (nSPS) is 11.1. The Hall–Kier alpha value is -1.65. The van der Waals surface area contributed by atoms with E-state index < -0.39 is 0 Å².